The summed E-state index contributed by atoms with van der Waals surface area (Å²) >= 11 is 0. The summed E-state index contributed by atoms with van der Waals surface area (Å²) in [5.41, 5.74) is 10.9. The molecular formula is C27H31BO. The van der Waals surface area contributed by atoms with Crippen LogP contribution in [0.4, 0.5) is 0 Å². The average Bonchev–Trinajstić information content (AvgIpc) is 2.72. The molecule has 2 heteroatoms. The van der Waals surface area contributed by atoms with Crippen molar-refractivity contribution in [3.63, 3.8) is 0 Å². The Morgan fingerprint density at radius 2 is 1.03 bits per heavy atom. The van der Waals surface area contributed by atoms with Gasteiger partial charge in [0.15, 0.2) is 0 Å². The molecule has 3 aromatic rings. The van der Waals surface area contributed by atoms with Crippen molar-refractivity contribution in [2.45, 2.75) is 34.1 Å². The lowest BCUT2D eigenvalue weighted by atomic mass is 9.25. The van der Waals surface area contributed by atoms with Gasteiger partial charge in [-0.15, -0.1) is 16.4 Å². The first-order chi connectivity index (χ1) is 13.9. The first-order valence-corrected chi connectivity index (χ1v) is 10.6. The van der Waals surface area contributed by atoms with Crippen molar-refractivity contribution in [2.24, 2.45) is 0 Å². The molecule has 1 aliphatic heterocycles. The largest absolute Gasteiger partial charge is 0.662 e. The Bertz CT molecular complexity index is 982. The Labute approximate surface area is 175 Å². The number of benzene rings is 3. The third-order valence-corrected chi connectivity index (χ3v) is 6.73. The van der Waals surface area contributed by atoms with Crippen LogP contribution in [0.15, 0.2) is 78.4 Å². The van der Waals surface area contributed by atoms with E-state index < -0.39 is 6.35 Å². The minimum Gasteiger partial charge on any atom is -0.662 e. The third kappa shape index (κ3) is 3.36. The normalized spacial score (nSPS) is 16.9. The van der Waals surface area contributed by atoms with Crippen molar-refractivity contribution < 1.29 is 4.28 Å². The molecule has 0 saturated carbocycles. The molecule has 0 aliphatic carbocycles. The summed E-state index contributed by atoms with van der Waals surface area (Å²) in [5.74, 6) is 0. The molecule has 0 bridgehead atoms. The summed E-state index contributed by atoms with van der Waals surface area (Å²) in [6.45, 7) is 9.79. The second-order valence-electron chi connectivity index (χ2n) is 8.81. The fourth-order valence-corrected chi connectivity index (χ4v) is 5.05. The molecule has 29 heavy (non-hydrogen) atoms. The zero-order chi connectivity index (χ0) is 20.6. The highest BCUT2D eigenvalue weighted by Gasteiger charge is 2.48. The smallest absolute Gasteiger partial charge is 0.377 e. The van der Waals surface area contributed by atoms with E-state index in [1.54, 1.807) is 0 Å². The van der Waals surface area contributed by atoms with Crippen LogP contribution in [0.25, 0.3) is 5.47 Å². The summed E-state index contributed by atoms with van der Waals surface area (Å²) in [4.78, 5) is 0. The molecule has 1 nitrogen and oxygen atoms in total. The van der Waals surface area contributed by atoms with Gasteiger partial charge in [-0.3, -0.25) is 0 Å². The molecule has 0 atom stereocenters. The van der Waals surface area contributed by atoms with Crippen molar-refractivity contribution in [1.82, 2.24) is 0 Å². The molecule has 0 aromatic heterocycles. The van der Waals surface area contributed by atoms with Gasteiger partial charge < -0.3 is 4.28 Å². The van der Waals surface area contributed by atoms with E-state index in [4.69, 9.17) is 0 Å². The molecule has 0 fully saturated rings. The Morgan fingerprint density at radius 3 is 1.48 bits per heavy atom. The first-order valence-electron chi connectivity index (χ1n) is 10.6. The topological polar surface area (TPSA) is 2.70 Å². The van der Waals surface area contributed by atoms with E-state index in [1.807, 2.05) is 0 Å². The number of rotatable bonds is 3. The van der Waals surface area contributed by atoms with E-state index >= 15 is 0 Å². The van der Waals surface area contributed by atoms with Gasteiger partial charge in [0.1, 0.15) is 6.61 Å². The molecule has 0 unspecified atom stereocenters. The Balaban J connectivity index is 2.07. The summed E-state index contributed by atoms with van der Waals surface area (Å²) in [6, 6.07) is 27.4. The second-order valence-corrected chi connectivity index (χ2v) is 8.81. The Hall–Kier alpha value is -2.58. The second kappa shape index (κ2) is 7.69. The molecule has 0 radical (unpaired) electrons. The lowest BCUT2D eigenvalue weighted by Crippen LogP contribution is -2.68. The summed E-state index contributed by atoms with van der Waals surface area (Å²) in [7, 11) is 2.22. The SMILES string of the molecule is CC1=C(c2ccc(C)cc2)[B-](c2ccc(C)cc2)(c2ccc(C)cc2)[O+](C)CC1. The van der Waals surface area contributed by atoms with E-state index in [-0.39, 0.29) is 0 Å². The number of hydrogen-bond donors (Lipinski definition) is 0. The van der Waals surface area contributed by atoms with Crippen molar-refractivity contribution in [2.75, 3.05) is 13.7 Å². The molecule has 4 rings (SSSR count). The molecule has 0 spiro atoms. The molecule has 1 heterocycles. The van der Waals surface area contributed by atoms with Crippen LogP contribution in [0.1, 0.15) is 35.6 Å². The van der Waals surface area contributed by atoms with Gasteiger partial charge in [-0.1, -0.05) is 101 Å². The molecular weight excluding hydrogens is 351 g/mol. The van der Waals surface area contributed by atoms with Crippen LogP contribution in [0.3, 0.4) is 0 Å². The van der Waals surface area contributed by atoms with Crippen LogP contribution in [-0.4, -0.2) is 20.1 Å². The molecule has 1 aliphatic rings. The summed E-state index contributed by atoms with van der Waals surface area (Å²) in [6.07, 6.45) is -0.214. The van der Waals surface area contributed by atoms with Gasteiger partial charge in [-0.2, -0.15) is 0 Å². The van der Waals surface area contributed by atoms with Crippen LogP contribution >= 0.6 is 0 Å². The maximum absolute atomic E-state index is 3.62. The Kier molecular flexibility index (Phi) is 5.23. The molecule has 0 N–H and O–H groups in total. The molecule has 148 valence electrons. The first kappa shape index (κ1) is 19.7. The van der Waals surface area contributed by atoms with Gasteiger partial charge in [0, 0.05) is 6.42 Å². The lowest BCUT2D eigenvalue weighted by molar-refractivity contribution is 0.0548. The van der Waals surface area contributed by atoms with Gasteiger partial charge in [0.05, 0.1) is 7.11 Å². The minimum absolute atomic E-state index is 0.989. The highest BCUT2D eigenvalue weighted by atomic mass is 16.6. The predicted octanol–water partition coefficient (Wildman–Crippen LogP) is 5.27. The predicted molar refractivity (Wildman–Crippen MR) is 128 cm³/mol. The zero-order valence-electron chi connectivity index (χ0n) is 18.3. The van der Waals surface area contributed by atoms with Crippen molar-refractivity contribution in [3.8, 4) is 0 Å². The van der Waals surface area contributed by atoms with E-state index in [0.29, 0.717) is 0 Å². The van der Waals surface area contributed by atoms with E-state index in [9.17, 15) is 0 Å². The molecule has 3 aromatic carbocycles. The highest BCUT2D eigenvalue weighted by Crippen LogP contribution is 2.38. The van der Waals surface area contributed by atoms with Gasteiger partial charge in [0.25, 0.3) is 0 Å². The maximum atomic E-state index is 3.62. The summed E-state index contributed by atoms with van der Waals surface area (Å²) in [5, 5.41) is 0. The lowest BCUT2D eigenvalue weighted by Gasteiger charge is -2.52. The third-order valence-electron chi connectivity index (χ3n) is 6.73. The van der Waals surface area contributed by atoms with Crippen LogP contribution in [0, 0.1) is 20.8 Å². The van der Waals surface area contributed by atoms with Crippen molar-refractivity contribution >= 4 is 22.7 Å². The summed E-state index contributed by atoms with van der Waals surface area (Å²) < 4.78 is 3.62. The molecule has 0 saturated heterocycles. The van der Waals surface area contributed by atoms with Crippen LogP contribution < -0.4 is 10.9 Å². The fourth-order valence-electron chi connectivity index (χ4n) is 5.05. The zero-order valence-corrected chi connectivity index (χ0v) is 18.3. The number of aryl methyl sites for hydroxylation is 3. The van der Waals surface area contributed by atoms with Crippen LogP contribution in [-0.2, 0) is 4.28 Å². The number of hydrogen-bond acceptors (Lipinski definition) is 0. The van der Waals surface area contributed by atoms with Gasteiger partial charge >= 0.3 is 6.35 Å². The molecule has 0 amide bonds. The minimum atomic E-state index is -1.29. The standard InChI is InChI=1S/C27H31BO/c1-20-6-12-24(13-7-20)27-23(4)18-19-29(5)28(27,25-14-8-21(2)9-15-25)26-16-10-22(3)11-17-26/h6-17H,18-19H2,1-5H3. The fraction of sp³-hybridized carbons (Fsp3) is 0.259. The van der Waals surface area contributed by atoms with Crippen molar-refractivity contribution in [3.05, 3.63) is 101 Å². The maximum Gasteiger partial charge on any atom is 0.377 e. The average molecular weight is 382 g/mol. The van der Waals surface area contributed by atoms with Gasteiger partial charge in [-0.05, 0) is 27.7 Å². The van der Waals surface area contributed by atoms with E-state index in [1.165, 1.54) is 44.2 Å². The van der Waals surface area contributed by atoms with Gasteiger partial charge in [-0.25, -0.2) is 0 Å². The Morgan fingerprint density at radius 1 is 0.621 bits per heavy atom. The van der Waals surface area contributed by atoms with Crippen LogP contribution in [0.5, 0.6) is 0 Å². The van der Waals surface area contributed by atoms with Crippen molar-refractivity contribution in [1.29, 1.82) is 0 Å². The monoisotopic (exact) mass is 382 g/mol. The highest BCUT2D eigenvalue weighted by molar-refractivity contribution is 7.11. The van der Waals surface area contributed by atoms with Crippen LogP contribution in [0.2, 0.25) is 0 Å². The van der Waals surface area contributed by atoms with E-state index in [2.05, 4.69) is 112 Å². The van der Waals surface area contributed by atoms with E-state index in [0.717, 1.165) is 13.0 Å². The van der Waals surface area contributed by atoms with Gasteiger partial charge in [0.2, 0.25) is 0 Å². The quantitative estimate of drug-likeness (QED) is 0.429.